The number of hydrogen-bond donors (Lipinski definition) is 4. The first-order chi connectivity index (χ1) is 40.5. The Morgan fingerprint density at radius 1 is 0.512 bits per heavy atom. The SMILES string of the molecule is CCCCCCCCCCCCCCN1C(=CC=CC=CC2=[N+](CCCCCCCCCCCCCC)c3ccccc3C2(C)C)C(C)(C)c2cc(CNC(=O)CN3CCN(CC(=O)O)CCN(CC(=O)O)CCN(CC(=O)O)CC3)ccc21. The lowest BCUT2D eigenvalue weighted by molar-refractivity contribution is -0.438. The number of carbonyl (C=O) groups excluding carboxylic acids is 1. The lowest BCUT2D eigenvalue weighted by Crippen LogP contribution is -2.49. The Balaban J connectivity index is 1.27. The van der Waals surface area contributed by atoms with Crippen molar-refractivity contribution < 1.29 is 39.1 Å². The Morgan fingerprint density at radius 3 is 1.43 bits per heavy atom. The maximum Gasteiger partial charge on any atom is 0.317 e. The molecule has 1 fully saturated rings. The Bertz CT molecular complexity index is 2410. The van der Waals surface area contributed by atoms with Crippen molar-refractivity contribution >= 4 is 40.9 Å². The summed E-state index contributed by atoms with van der Waals surface area (Å²) in [6, 6.07) is 15.6. The number of carboxylic acids is 3. The van der Waals surface area contributed by atoms with Gasteiger partial charge in [0.1, 0.15) is 6.54 Å². The van der Waals surface area contributed by atoms with Crippen LogP contribution in [0.25, 0.3) is 0 Å². The summed E-state index contributed by atoms with van der Waals surface area (Å²) in [6.07, 6.45) is 43.1. The quantitative estimate of drug-likeness (QED) is 0.0285. The molecule has 0 unspecified atom stereocenters. The minimum atomic E-state index is -1.00. The summed E-state index contributed by atoms with van der Waals surface area (Å²) >= 11 is 0. The third-order valence-electron chi connectivity index (χ3n) is 17.8. The molecule has 468 valence electrons. The summed E-state index contributed by atoms with van der Waals surface area (Å²) in [6.45, 7) is 18.4. The molecule has 0 aromatic heterocycles. The van der Waals surface area contributed by atoms with E-state index in [0.29, 0.717) is 58.9 Å². The van der Waals surface area contributed by atoms with Crippen molar-refractivity contribution in [2.24, 2.45) is 0 Å². The molecule has 1 amide bonds. The van der Waals surface area contributed by atoms with Crippen molar-refractivity contribution in [1.82, 2.24) is 24.9 Å². The molecule has 2 aromatic rings. The lowest BCUT2D eigenvalue weighted by atomic mass is 9.81. The van der Waals surface area contributed by atoms with Gasteiger partial charge in [0.15, 0.2) is 5.71 Å². The highest BCUT2D eigenvalue weighted by atomic mass is 16.4. The van der Waals surface area contributed by atoms with E-state index in [1.54, 1.807) is 14.7 Å². The van der Waals surface area contributed by atoms with Gasteiger partial charge in [-0.05, 0) is 50.0 Å². The first-order valence-corrected chi connectivity index (χ1v) is 33.1. The van der Waals surface area contributed by atoms with Crippen LogP contribution in [0.1, 0.15) is 212 Å². The van der Waals surface area contributed by atoms with E-state index in [-0.39, 0.29) is 42.9 Å². The fourth-order valence-corrected chi connectivity index (χ4v) is 12.8. The number of nitrogens with one attached hydrogen (secondary N) is 1. The third kappa shape index (κ3) is 24.0. The standard InChI is InChI=1S/C70H111N7O7/c1-7-9-11-13-15-17-19-21-23-25-27-34-42-76-61-37-33-32-36-59(61)69(3,4)63(76)38-30-29-31-39-64-70(5,6)60-52-58(40-41-62(60)77(64)43-35-28-26-24-22-20-18-16-14-12-10-8-2)53-71-65(78)54-72-44-46-73(55-66(79)80)48-50-75(57-68(83)84)51-49-74(47-45-72)56-67(81)82/h29-33,36-41,52H,7-28,34-35,42-51,53-57H2,1-6H3,(H3-,71,78,79,80,81,82,83,84)/p+1. The summed E-state index contributed by atoms with van der Waals surface area (Å²) in [5, 5.41) is 32.1. The first kappa shape index (κ1) is 69.6. The third-order valence-corrected chi connectivity index (χ3v) is 17.8. The van der Waals surface area contributed by atoms with Crippen molar-refractivity contribution in [1.29, 1.82) is 0 Å². The number of anilines is 1. The summed E-state index contributed by atoms with van der Waals surface area (Å²) in [4.78, 5) is 58.9. The van der Waals surface area contributed by atoms with Gasteiger partial charge < -0.3 is 25.5 Å². The van der Waals surface area contributed by atoms with Gasteiger partial charge in [-0.2, -0.15) is 4.58 Å². The predicted molar refractivity (Wildman–Crippen MR) is 345 cm³/mol. The number of allylic oxidation sites excluding steroid dienone is 6. The number of unbranched alkanes of at least 4 members (excludes halogenated alkanes) is 22. The second-order valence-corrected chi connectivity index (χ2v) is 25.4. The van der Waals surface area contributed by atoms with Crippen molar-refractivity contribution in [3.05, 3.63) is 95.2 Å². The van der Waals surface area contributed by atoms with Crippen LogP contribution in [-0.2, 0) is 36.6 Å². The van der Waals surface area contributed by atoms with E-state index in [9.17, 15) is 34.5 Å². The topological polar surface area (TPSA) is 160 Å². The van der Waals surface area contributed by atoms with Crippen molar-refractivity contribution in [2.45, 2.75) is 213 Å². The Kier molecular flexibility index (Phi) is 31.6. The van der Waals surface area contributed by atoms with Gasteiger partial charge in [-0.3, -0.25) is 38.8 Å². The van der Waals surface area contributed by atoms with Crippen LogP contribution in [0.2, 0.25) is 0 Å². The number of carboxylic acid groups (broad SMARTS) is 3. The number of aliphatic carboxylic acids is 3. The van der Waals surface area contributed by atoms with Gasteiger partial charge in [-0.1, -0.05) is 211 Å². The normalized spacial score (nSPS) is 17.7. The Hall–Kier alpha value is -5.15. The maximum absolute atomic E-state index is 13.8. The van der Waals surface area contributed by atoms with E-state index in [1.165, 1.54) is 182 Å². The average molecular weight is 1160 g/mol. The zero-order valence-electron chi connectivity index (χ0n) is 53.2. The first-order valence-electron chi connectivity index (χ1n) is 33.1. The van der Waals surface area contributed by atoms with Crippen LogP contribution in [0.4, 0.5) is 11.4 Å². The lowest BCUT2D eigenvalue weighted by Gasteiger charge is -2.32. The zero-order valence-corrected chi connectivity index (χ0v) is 53.2. The molecule has 3 heterocycles. The van der Waals surface area contributed by atoms with Crippen LogP contribution < -0.4 is 10.2 Å². The molecule has 0 saturated carbocycles. The maximum atomic E-state index is 13.8. The molecule has 3 aliphatic rings. The molecule has 84 heavy (non-hydrogen) atoms. The largest absolute Gasteiger partial charge is 0.480 e. The zero-order chi connectivity index (χ0) is 60.6. The van der Waals surface area contributed by atoms with Crippen LogP contribution in [-0.4, -0.2) is 161 Å². The van der Waals surface area contributed by atoms with Crippen molar-refractivity contribution in [3.63, 3.8) is 0 Å². The monoisotopic (exact) mass is 1160 g/mol. The highest BCUT2D eigenvalue weighted by molar-refractivity contribution is 6.03. The molecule has 5 rings (SSSR count). The summed E-state index contributed by atoms with van der Waals surface area (Å²) in [7, 11) is 0. The number of hydrogen-bond acceptors (Lipinski definition) is 9. The van der Waals surface area contributed by atoms with E-state index < -0.39 is 17.9 Å². The van der Waals surface area contributed by atoms with Gasteiger partial charge in [-0.15, -0.1) is 0 Å². The van der Waals surface area contributed by atoms with E-state index in [2.05, 4.69) is 129 Å². The molecule has 2 aromatic carbocycles. The van der Waals surface area contributed by atoms with Gasteiger partial charge >= 0.3 is 17.9 Å². The molecular weight excluding hydrogens is 1050 g/mol. The second-order valence-electron chi connectivity index (χ2n) is 25.4. The predicted octanol–water partition coefficient (Wildman–Crippen LogP) is 13.4. The highest BCUT2D eigenvalue weighted by Crippen LogP contribution is 2.48. The summed E-state index contributed by atoms with van der Waals surface area (Å²) < 4.78 is 2.58. The van der Waals surface area contributed by atoms with Crippen LogP contribution >= 0.6 is 0 Å². The van der Waals surface area contributed by atoms with Crippen molar-refractivity contribution in [3.8, 4) is 0 Å². The summed E-state index contributed by atoms with van der Waals surface area (Å²) in [5.74, 6) is -3.14. The van der Waals surface area contributed by atoms with Crippen molar-refractivity contribution in [2.75, 3.05) is 96.5 Å². The number of nitrogens with zero attached hydrogens (tertiary/aromatic N) is 6. The number of para-hydroxylation sites is 1. The van der Waals surface area contributed by atoms with Gasteiger partial charge in [0, 0.05) is 106 Å². The van der Waals surface area contributed by atoms with E-state index in [4.69, 9.17) is 0 Å². The van der Waals surface area contributed by atoms with Crippen LogP contribution in [0.5, 0.6) is 0 Å². The molecule has 3 aliphatic heterocycles. The fourth-order valence-electron chi connectivity index (χ4n) is 12.8. The minimum Gasteiger partial charge on any atom is -0.480 e. The molecule has 0 bridgehead atoms. The molecule has 0 atom stereocenters. The van der Waals surface area contributed by atoms with Crippen LogP contribution in [0.3, 0.4) is 0 Å². The number of benzene rings is 2. The molecule has 4 N–H and O–H groups in total. The average Bonchev–Trinajstić information content (AvgIpc) is 1.84. The molecule has 0 radical (unpaired) electrons. The van der Waals surface area contributed by atoms with E-state index in [0.717, 1.165) is 25.1 Å². The van der Waals surface area contributed by atoms with Gasteiger partial charge in [0.25, 0.3) is 0 Å². The van der Waals surface area contributed by atoms with Gasteiger partial charge in [0.05, 0.1) is 31.6 Å². The van der Waals surface area contributed by atoms with Crippen LogP contribution in [0, 0.1) is 0 Å². The number of carbonyl (C=O) groups is 4. The number of rotatable bonds is 39. The Labute approximate surface area is 507 Å². The molecule has 0 aliphatic carbocycles. The molecule has 14 nitrogen and oxygen atoms in total. The van der Waals surface area contributed by atoms with Crippen LogP contribution in [0.15, 0.2) is 78.5 Å². The van der Waals surface area contributed by atoms with E-state index >= 15 is 0 Å². The Morgan fingerprint density at radius 2 is 0.952 bits per heavy atom. The number of amides is 1. The molecule has 1 saturated heterocycles. The van der Waals surface area contributed by atoms with E-state index in [1.807, 2.05) is 4.90 Å². The number of fused-ring (bicyclic) bond motifs is 2. The smallest absolute Gasteiger partial charge is 0.317 e. The fraction of sp³-hybridized carbons (Fsp3) is 0.671. The highest BCUT2D eigenvalue weighted by Gasteiger charge is 2.44. The summed E-state index contributed by atoms with van der Waals surface area (Å²) in [5.41, 5.74) is 8.39. The second kappa shape index (κ2) is 38.1. The molecule has 14 heteroatoms. The van der Waals surface area contributed by atoms with Gasteiger partial charge in [0.2, 0.25) is 11.6 Å². The van der Waals surface area contributed by atoms with Gasteiger partial charge in [-0.25, -0.2) is 0 Å². The minimum absolute atomic E-state index is 0.0606. The molecule has 0 spiro atoms. The molecular formula is C70H112N7O7+.